The van der Waals surface area contributed by atoms with Gasteiger partial charge in [-0.25, -0.2) is 4.39 Å². The molecule has 0 saturated heterocycles. The van der Waals surface area contributed by atoms with Crippen LogP contribution in [0.15, 0.2) is 16.6 Å². The van der Waals surface area contributed by atoms with E-state index in [1.54, 1.807) is 13.2 Å². The molecular weight excluding hydrogens is 331 g/mol. The van der Waals surface area contributed by atoms with Gasteiger partial charge in [-0.15, -0.1) is 11.6 Å². The van der Waals surface area contributed by atoms with E-state index in [9.17, 15) is 4.39 Å². The van der Waals surface area contributed by atoms with Crippen LogP contribution in [0.2, 0.25) is 0 Å². The molecule has 0 spiro atoms. The number of hydrogen-bond acceptors (Lipinski definition) is 1. The molecule has 0 bridgehead atoms. The van der Waals surface area contributed by atoms with Crippen LogP contribution in [0, 0.1) is 23.6 Å². The van der Waals surface area contributed by atoms with Gasteiger partial charge >= 0.3 is 0 Å². The lowest BCUT2D eigenvalue weighted by Gasteiger charge is -2.15. The monoisotopic (exact) mass is 346 g/mol. The molecule has 0 aromatic heterocycles. The highest BCUT2D eigenvalue weighted by Gasteiger charge is 2.54. The van der Waals surface area contributed by atoms with Gasteiger partial charge < -0.3 is 4.74 Å². The molecule has 2 aliphatic rings. The Morgan fingerprint density at radius 1 is 1.32 bits per heavy atom. The van der Waals surface area contributed by atoms with E-state index in [-0.39, 0.29) is 11.2 Å². The number of methoxy groups -OCH3 is 1. The maximum Gasteiger partial charge on any atom is 0.141 e. The largest absolute Gasteiger partial charge is 0.496 e. The summed E-state index contributed by atoms with van der Waals surface area (Å²) >= 11 is 9.90. The first-order valence-corrected chi connectivity index (χ1v) is 8.03. The number of benzene rings is 1. The second kappa shape index (κ2) is 5.25. The summed E-state index contributed by atoms with van der Waals surface area (Å²) in [5.41, 5.74) is 0.914. The van der Waals surface area contributed by atoms with Gasteiger partial charge in [0.15, 0.2) is 0 Å². The summed E-state index contributed by atoms with van der Waals surface area (Å²) in [5, 5.41) is -0.0695. The van der Waals surface area contributed by atoms with Crippen LogP contribution in [-0.2, 0) is 0 Å². The van der Waals surface area contributed by atoms with Gasteiger partial charge in [-0.05, 0) is 52.6 Å². The van der Waals surface area contributed by atoms with Crippen molar-refractivity contribution >= 4 is 27.5 Å². The van der Waals surface area contributed by atoms with E-state index >= 15 is 0 Å². The minimum Gasteiger partial charge on any atom is -0.496 e. The van der Waals surface area contributed by atoms with E-state index < -0.39 is 0 Å². The van der Waals surface area contributed by atoms with Crippen LogP contribution < -0.4 is 4.74 Å². The quantitative estimate of drug-likeness (QED) is 0.673. The number of rotatable bonds is 3. The van der Waals surface area contributed by atoms with Crippen LogP contribution >= 0.6 is 27.5 Å². The lowest BCUT2D eigenvalue weighted by molar-refractivity contribution is 0.403. The lowest BCUT2D eigenvalue weighted by Crippen LogP contribution is -2.01. The zero-order chi connectivity index (χ0) is 13.6. The molecule has 3 rings (SSSR count). The number of hydrogen-bond donors (Lipinski definition) is 0. The first kappa shape index (κ1) is 13.7. The maximum absolute atomic E-state index is 13.6. The molecule has 3 unspecified atom stereocenters. The topological polar surface area (TPSA) is 9.23 Å². The average Bonchev–Trinajstić information content (AvgIpc) is 3.14. The molecule has 2 saturated carbocycles. The zero-order valence-corrected chi connectivity index (χ0v) is 13.2. The summed E-state index contributed by atoms with van der Waals surface area (Å²) in [6.45, 7) is 0. The van der Waals surface area contributed by atoms with Crippen molar-refractivity contribution in [2.75, 3.05) is 7.11 Å². The van der Waals surface area contributed by atoms with Crippen molar-refractivity contribution in [2.24, 2.45) is 17.8 Å². The fourth-order valence-corrected chi connectivity index (χ4v) is 4.53. The molecule has 19 heavy (non-hydrogen) atoms. The van der Waals surface area contributed by atoms with Crippen LogP contribution in [0.5, 0.6) is 5.75 Å². The zero-order valence-electron chi connectivity index (χ0n) is 10.8. The Bertz CT molecular complexity index is 481. The Morgan fingerprint density at radius 3 is 2.53 bits per heavy atom. The summed E-state index contributed by atoms with van der Waals surface area (Å²) in [6, 6.07) is 3.19. The van der Waals surface area contributed by atoms with Gasteiger partial charge in [0, 0.05) is 11.6 Å². The Hall–Kier alpha value is -0.280. The summed E-state index contributed by atoms with van der Waals surface area (Å²) in [5.74, 6) is 2.33. The van der Waals surface area contributed by atoms with Crippen molar-refractivity contribution in [3.63, 3.8) is 0 Å². The predicted molar refractivity (Wildman–Crippen MR) is 78.2 cm³/mol. The number of alkyl halides is 1. The van der Waals surface area contributed by atoms with Gasteiger partial charge in [-0.2, -0.15) is 0 Å². The van der Waals surface area contributed by atoms with Gasteiger partial charge in [0.1, 0.15) is 11.6 Å². The van der Waals surface area contributed by atoms with E-state index in [0.717, 1.165) is 17.4 Å². The molecule has 3 atom stereocenters. The van der Waals surface area contributed by atoms with E-state index in [1.807, 2.05) is 0 Å². The molecule has 0 aliphatic heterocycles. The van der Waals surface area contributed by atoms with Crippen molar-refractivity contribution in [3.05, 3.63) is 28.0 Å². The van der Waals surface area contributed by atoms with Gasteiger partial charge in [-0.1, -0.05) is 12.8 Å². The predicted octanol–water partition coefficient (Wildman–Crippen LogP) is 5.31. The number of fused-ring (bicyclic) bond motifs is 1. The molecule has 0 heterocycles. The van der Waals surface area contributed by atoms with Crippen LogP contribution in [0.25, 0.3) is 0 Å². The van der Waals surface area contributed by atoms with Crippen molar-refractivity contribution < 1.29 is 9.13 Å². The maximum atomic E-state index is 13.6. The van der Waals surface area contributed by atoms with Crippen molar-refractivity contribution in [1.82, 2.24) is 0 Å². The van der Waals surface area contributed by atoms with E-state index in [2.05, 4.69) is 15.9 Å². The molecule has 4 heteroatoms. The Labute approximate surface area is 126 Å². The third-order valence-electron chi connectivity index (χ3n) is 4.63. The third kappa shape index (κ3) is 2.40. The molecule has 0 radical (unpaired) electrons. The molecule has 0 amide bonds. The van der Waals surface area contributed by atoms with Crippen LogP contribution in [0.3, 0.4) is 0 Å². The second-order valence-electron chi connectivity index (χ2n) is 5.60. The fraction of sp³-hybridized carbons (Fsp3) is 0.600. The molecular formula is C15H17BrClFO. The van der Waals surface area contributed by atoms with Gasteiger partial charge in [0.25, 0.3) is 0 Å². The highest BCUT2D eigenvalue weighted by molar-refractivity contribution is 9.10. The van der Waals surface area contributed by atoms with E-state index in [4.69, 9.17) is 16.3 Å². The summed E-state index contributed by atoms with van der Waals surface area (Å²) in [6.07, 6.45) is 5.24. The third-order valence-corrected chi connectivity index (χ3v) is 5.76. The van der Waals surface area contributed by atoms with Crippen LogP contribution in [0.1, 0.15) is 36.6 Å². The number of halogens is 3. The first-order valence-electron chi connectivity index (χ1n) is 6.80. The summed E-state index contributed by atoms with van der Waals surface area (Å²) < 4.78 is 19.3. The molecule has 2 aliphatic carbocycles. The summed E-state index contributed by atoms with van der Waals surface area (Å²) in [7, 11) is 1.57. The first-order chi connectivity index (χ1) is 9.13. The molecule has 1 nitrogen and oxygen atoms in total. The normalized spacial score (nSPS) is 30.6. The smallest absolute Gasteiger partial charge is 0.141 e. The fourth-order valence-electron chi connectivity index (χ4n) is 3.63. The molecule has 1 aromatic carbocycles. The average molecular weight is 348 g/mol. The van der Waals surface area contributed by atoms with Crippen LogP contribution in [-0.4, -0.2) is 7.11 Å². The molecule has 2 fully saturated rings. The SMILES string of the molecule is COc1cc(F)c(Br)cc1C(Cl)C1C2CCCCC21. The Kier molecular flexibility index (Phi) is 3.78. The Morgan fingerprint density at radius 2 is 1.95 bits per heavy atom. The van der Waals surface area contributed by atoms with Crippen molar-refractivity contribution in [3.8, 4) is 5.75 Å². The minimum atomic E-state index is -0.308. The van der Waals surface area contributed by atoms with E-state index in [1.165, 1.54) is 31.7 Å². The molecule has 0 N–H and O–H groups in total. The second-order valence-corrected chi connectivity index (χ2v) is 6.92. The van der Waals surface area contributed by atoms with Gasteiger partial charge in [-0.3, -0.25) is 0 Å². The molecule has 1 aromatic rings. The van der Waals surface area contributed by atoms with E-state index in [0.29, 0.717) is 16.1 Å². The number of ether oxygens (including phenoxy) is 1. The van der Waals surface area contributed by atoms with Crippen molar-refractivity contribution in [2.45, 2.75) is 31.1 Å². The molecule has 104 valence electrons. The van der Waals surface area contributed by atoms with Crippen LogP contribution in [0.4, 0.5) is 4.39 Å². The van der Waals surface area contributed by atoms with Gasteiger partial charge in [0.2, 0.25) is 0 Å². The standard InChI is InChI=1S/C15H17BrClFO/c1-19-13-7-12(18)11(16)6-10(13)15(17)14-8-4-2-3-5-9(8)14/h6-9,14-15H,2-5H2,1H3. The highest BCUT2D eigenvalue weighted by Crippen LogP contribution is 2.63. The van der Waals surface area contributed by atoms with Gasteiger partial charge in [0.05, 0.1) is 17.0 Å². The Balaban J connectivity index is 1.87. The lowest BCUT2D eigenvalue weighted by atomic mass is 10.0. The van der Waals surface area contributed by atoms with Crippen molar-refractivity contribution in [1.29, 1.82) is 0 Å². The highest BCUT2D eigenvalue weighted by atomic mass is 79.9. The minimum absolute atomic E-state index is 0.0695. The summed E-state index contributed by atoms with van der Waals surface area (Å²) in [4.78, 5) is 0.